The molecule has 0 aliphatic heterocycles. The summed E-state index contributed by atoms with van der Waals surface area (Å²) in [6, 6.07) is 5.53. The minimum atomic E-state index is -0.289. The van der Waals surface area contributed by atoms with Crippen molar-refractivity contribution >= 4 is 23.2 Å². The number of carbonyl (C=O) groups excluding carboxylic acids is 1. The van der Waals surface area contributed by atoms with E-state index in [1.54, 1.807) is 6.07 Å². The Morgan fingerprint density at radius 3 is 2.73 bits per heavy atom. The highest BCUT2D eigenvalue weighted by Crippen LogP contribution is 2.47. The average molecular weight is 225 g/mol. The first-order chi connectivity index (χ1) is 7.03. The molecule has 0 radical (unpaired) electrons. The molecule has 1 aromatic carbocycles. The Morgan fingerprint density at radius 2 is 2.20 bits per heavy atom. The van der Waals surface area contributed by atoms with E-state index < -0.39 is 0 Å². The fourth-order valence-electron chi connectivity index (χ4n) is 1.65. The molecule has 0 saturated heterocycles. The Bertz CT molecular complexity index is 413. The second-order valence-corrected chi connectivity index (χ2v) is 4.41. The lowest BCUT2D eigenvalue weighted by Crippen LogP contribution is -2.22. The van der Waals surface area contributed by atoms with Crippen LogP contribution in [0.4, 0.5) is 5.69 Å². The largest absolute Gasteiger partial charge is 0.325 e. The number of halogens is 1. The maximum atomic E-state index is 11.1. The van der Waals surface area contributed by atoms with Crippen molar-refractivity contribution in [2.45, 2.75) is 25.3 Å². The van der Waals surface area contributed by atoms with E-state index in [1.165, 1.54) is 6.92 Å². The number of anilines is 1. The van der Waals surface area contributed by atoms with E-state index in [0.29, 0.717) is 10.7 Å². The number of amides is 1. The molecule has 1 aromatic rings. The van der Waals surface area contributed by atoms with Crippen LogP contribution in [0.25, 0.3) is 0 Å². The van der Waals surface area contributed by atoms with Crippen LogP contribution in [-0.2, 0) is 10.3 Å². The zero-order chi connectivity index (χ0) is 11.1. The molecule has 0 spiro atoms. The second kappa shape index (κ2) is 3.51. The van der Waals surface area contributed by atoms with Crippen molar-refractivity contribution in [3.8, 4) is 0 Å². The number of rotatable bonds is 2. The molecular weight excluding hydrogens is 212 g/mol. The van der Waals surface area contributed by atoms with E-state index in [2.05, 4.69) is 5.32 Å². The smallest absolute Gasteiger partial charge is 0.221 e. The first-order valence-corrected chi connectivity index (χ1v) is 5.26. The number of para-hydroxylation sites is 1. The molecule has 1 fully saturated rings. The molecule has 0 bridgehead atoms. The third-order valence-electron chi connectivity index (χ3n) is 2.64. The Labute approximate surface area is 93.6 Å². The molecule has 0 heterocycles. The Balaban J connectivity index is 2.44. The SMILES string of the molecule is CC(=O)Nc1c(Cl)cccc1C1(N)CC1. The number of nitrogens with one attached hydrogen (secondary N) is 1. The molecule has 1 saturated carbocycles. The van der Waals surface area contributed by atoms with Crippen molar-refractivity contribution in [3.63, 3.8) is 0 Å². The van der Waals surface area contributed by atoms with Crippen LogP contribution in [0.1, 0.15) is 25.3 Å². The lowest BCUT2D eigenvalue weighted by Gasteiger charge is -2.16. The topological polar surface area (TPSA) is 55.1 Å². The first-order valence-electron chi connectivity index (χ1n) is 4.88. The molecule has 0 aromatic heterocycles. The van der Waals surface area contributed by atoms with Crippen LogP contribution < -0.4 is 11.1 Å². The van der Waals surface area contributed by atoms with Crippen LogP contribution in [0.2, 0.25) is 5.02 Å². The zero-order valence-electron chi connectivity index (χ0n) is 8.51. The number of benzene rings is 1. The summed E-state index contributed by atoms with van der Waals surface area (Å²) in [6.07, 6.45) is 1.89. The molecule has 15 heavy (non-hydrogen) atoms. The minimum absolute atomic E-state index is 0.131. The molecule has 3 nitrogen and oxygen atoms in total. The predicted octanol–water partition coefficient (Wildman–Crippen LogP) is 2.25. The van der Waals surface area contributed by atoms with Gasteiger partial charge in [-0.3, -0.25) is 4.79 Å². The summed E-state index contributed by atoms with van der Waals surface area (Å²) in [5, 5.41) is 3.28. The lowest BCUT2D eigenvalue weighted by molar-refractivity contribution is -0.114. The standard InChI is InChI=1S/C11H13ClN2O/c1-7(15)14-10-8(11(13)5-6-11)3-2-4-9(10)12/h2-4H,5-6,13H2,1H3,(H,14,15). The van der Waals surface area contributed by atoms with E-state index >= 15 is 0 Å². The number of carbonyl (C=O) groups is 1. The molecule has 80 valence electrons. The van der Waals surface area contributed by atoms with E-state index in [-0.39, 0.29) is 11.4 Å². The van der Waals surface area contributed by atoms with E-state index in [0.717, 1.165) is 18.4 Å². The molecule has 1 aliphatic carbocycles. The van der Waals surface area contributed by atoms with E-state index in [4.69, 9.17) is 17.3 Å². The van der Waals surface area contributed by atoms with Gasteiger partial charge in [-0.05, 0) is 24.5 Å². The summed E-state index contributed by atoms with van der Waals surface area (Å²) in [5.41, 5.74) is 7.41. The lowest BCUT2D eigenvalue weighted by atomic mass is 10.0. The molecule has 3 N–H and O–H groups in total. The van der Waals surface area contributed by atoms with Crippen LogP contribution in [0.15, 0.2) is 18.2 Å². The molecule has 1 aliphatic rings. The molecule has 4 heteroatoms. The number of nitrogens with two attached hydrogens (primary N) is 1. The van der Waals surface area contributed by atoms with Crippen molar-refractivity contribution < 1.29 is 4.79 Å². The van der Waals surface area contributed by atoms with Crippen LogP contribution in [0.3, 0.4) is 0 Å². The molecule has 0 atom stereocenters. The summed E-state index contributed by atoms with van der Waals surface area (Å²) >= 11 is 6.04. The van der Waals surface area contributed by atoms with Gasteiger partial charge in [0.2, 0.25) is 5.91 Å². The fourth-order valence-corrected chi connectivity index (χ4v) is 1.87. The van der Waals surface area contributed by atoms with Gasteiger partial charge in [0.25, 0.3) is 0 Å². The van der Waals surface area contributed by atoms with Gasteiger partial charge in [-0.25, -0.2) is 0 Å². The number of hydrogen-bond donors (Lipinski definition) is 2. The van der Waals surface area contributed by atoms with Gasteiger partial charge in [0.1, 0.15) is 0 Å². The van der Waals surface area contributed by atoms with E-state index in [1.807, 2.05) is 12.1 Å². The monoisotopic (exact) mass is 224 g/mol. The Hall–Kier alpha value is -1.06. The van der Waals surface area contributed by atoms with Gasteiger partial charge in [-0.15, -0.1) is 0 Å². The van der Waals surface area contributed by atoms with Crippen LogP contribution >= 0.6 is 11.6 Å². The summed E-state index contributed by atoms with van der Waals surface area (Å²) in [4.78, 5) is 11.1. The van der Waals surface area contributed by atoms with Crippen LogP contribution in [0, 0.1) is 0 Å². The van der Waals surface area contributed by atoms with Gasteiger partial charge in [-0.2, -0.15) is 0 Å². The average Bonchev–Trinajstić information content (AvgIpc) is 2.88. The van der Waals surface area contributed by atoms with E-state index in [9.17, 15) is 4.79 Å². The minimum Gasteiger partial charge on any atom is -0.325 e. The first kappa shape index (κ1) is 10.5. The summed E-state index contributed by atoms with van der Waals surface area (Å²) in [6.45, 7) is 1.46. The molecule has 1 amide bonds. The third kappa shape index (κ3) is 1.98. The van der Waals surface area contributed by atoms with Crippen molar-refractivity contribution in [2.75, 3.05) is 5.32 Å². The zero-order valence-corrected chi connectivity index (χ0v) is 9.27. The normalized spacial score (nSPS) is 17.3. The highest BCUT2D eigenvalue weighted by Gasteiger charge is 2.42. The van der Waals surface area contributed by atoms with Crippen molar-refractivity contribution in [3.05, 3.63) is 28.8 Å². The predicted molar refractivity (Wildman–Crippen MR) is 60.9 cm³/mol. The quantitative estimate of drug-likeness (QED) is 0.810. The van der Waals surface area contributed by atoms with Gasteiger partial charge in [-0.1, -0.05) is 23.7 Å². The maximum absolute atomic E-state index is 11.1. The summed E-state index contributed by atoms with van der Waals surface area (Å²) < 4.78 is 0. The highest BCUT2D eigenvalue weighted by atomic mass is 35.5. The van der Waals surface area contributed by atoms with Crippen LogP contribution in [-0.4, -0.2) is 5.91 Å². The maximum Gasteiger partial charge on any atom is 0.221 e. The van der Waals surface area contributed by atoms with Crippen molar-refractivity contribution in [2.24, 2.45) is 5.73 Å². The second-order valence-electron chi connectivity index (χ2n) is 4.00. The number of hydrogen-bond acceptors (Lipinski definition) is 2. The van der Waals surface area contributed by atoms with Gasteiger partial charge in [0.15, 0.2) is 0 Å². The Morgan fingerprint density at radius 1 is 1.53 bits per heavy atom. The van der Waals surface area contributed by atoms with Gasteiger partial charge in [0.05, 0.1) is 10.7 Å². The molecular formula is C11H13ClN2O. The third-order valence-corrected chi connectivity index (χ3v) is 2.95. The van der Waals surface area contributed by atoms with Crippen molar-refractivity contribution in [1.29, 1.82) is 0 Å². The Kier molecular flexibility index (Phi) is 2.44. The summed E-state index contributed by atoms with van der Waals surface area (Å²) in [5.74, 6) is -0.131. The van der Waals surface area contributed by atoms with Crippen molar-refractivity contribution in [1.82, 2.24) is 0 Å². The van der Waals surface area contributed by atoms with Gasteiger partial charge in [0, 0.05) is 12.5 Å². The van der Waals surface area contributed by atoms with Crippen LogP contribution in [0.5, 0.6) is 0 Å². The summed E-state index contributed by atoms with van der Waals surface area (Å²) in [7, 11) is 0. The highest BCUT2D eigenvalue weighted by molar-refractivity contribution is 6.34. The van der Waals surface area contributed by atoms with Gasteiger partial charge >= 0.3 is 0 Å². The fraction of sp³-hybridized carbons (Fsp3) is 0.364. The molecule has 2 rings (SSSR count). The van der Waals surface area contributed by atoms with Gasteiger partial charge < -0.3 is 11.1 Å². The molecule has 0 unspecified atom stereocenters.